The Labute approximate surface area is 137 Å². The summed E-state index contributed by atoms with van der Waals surface area (Å²) in [5.41, 5.74) is 8.08. The fourth-order valence-electron chi connectivity index (χ4n) is 2.82. The SMILES string of the molecule is Cc1c(C(=O)Nc2ccc3[nH]c(C(N)=O)cc3c2)noc1C1CC1. The molecular weight excluding hydrogens is 308 g/mol. The number of nitrogens with zero attached hydrogens (tertiary/aromatic N) is 1. The maximum absolute atomic E-state index is 12.4. The maximum Gasteiger partial charge on any atom is 0.278 e. The van der Waals surface area contributed by atoms with Crippen molar-refractivity contribution in [3.05, 3.63) is 47.0 Å². The Hall–Kier alpha value is -3.09. The number of anilines is 1. The van der Waals surface area contributed by atoms with E-state index in [0.717, 1.165) is 35.1 Å². The highest BCUT2D eigenvalue weighted by Gasteiger charge is 2.32. The van der Waals surface area contributed by atoms with Crippen molar-refractivity contribution in [3.8, 4) is 0 Å². The predicted octanol–water partition coefficient (Wildman–Crippen LogP) is 2.69. The van der Waals surface area contributed by atoms with E-state index in [1.807, 2.05) is 6.92 Å². The highest BCUT2D eigenvalue weighted by Crippen LogP contribution is 2.42. The lowest BCUT2D eigenvalue weighted by atomic mass is 10.1. The normalized spacial score (nSPS) is 14.0. The van der Waals surface area contributed by atoms with Crippen molar-refractivity contribution >= 4 is 28.4 Å². The van der Waals surface area contributed by atoms with Crippen LogP contribution in [0.5, 0.6) is 0 Å². The molecule has 0 atom stereocenters. The number of fused-ring (bicyclic) bond motifs is 1. The molecule has 1 aromatic carbocycles. The Morgan fingerprint density at radius 1 is 1.33 bits per heavy atom. The third-order valence-electron chi connectivity index (χ3n) is 4.27. The molecule has 2 amide bonds. The molecule has 0 spiro atoms. The average Bonchev–Trinajstić information content (AvgIpc) is 3.16. The van der Waals surface area contributed by atoms with E-state index in [4.69, 9.17) is 10.3 Å². The van der Waals surface area contributed by atoms with Gasteiger partial charge in [0.25, 0.3) is 11.8 Å². The standard InChI is InChI=1S/C17H16N4O3/c1-8-14(21-24-15(8)9-2-3-9)17(23)19-11-4-5-12-10(6-11)7-13(20-12)16(18)22/h4-7,9,20H,2-3H2,1H3,(H2,18,22)(H,19,23). The number of carbonyl (C=O) groups excluding carboxylic acids is 2. The van der Waals surface area contributed by atoms with Gasteiger partial charge >= 0.3 is 0 Å². The molecule has 0 radical (unpaired) electrons. The number of nitrogens with two attached hydrogens (primary N) is 1. The molecule has 0 unspecified atom stereocenters. The second-order valence-electron chi connectivity index (χ2n) is 6.10. The molecule has 1 aliphatic rings. The van der Waals surface area contributed by atoms with Crippen molar-refractivity contribution in [3.63, 3.8) is 0 Å². The minimum atomic E-state index is -0.525. The zero-order chi connectivity index (χ0) is 16.8. The summed E-state index contributed by atoms with van der Waals surface area (Å²) in [5, 5.41) is 7.51. The molecule has 122 valence electrons. The van der Waals surface area contributed by atoms with Gasteiger partial charge in [-0.3, -0.25) is 9.59 Å². The van der Waals surface area contributed by atoms with E-state index in [0.29, 0.717) is 23.0 Å². The molecule has 1 fully saturated rings. The van der Waals surface area contributed by atoms with Crippen molar-refractivity contribution in [1.29, 1.82) is 0 Å². The average molecular weight is 324 g/mol. The van der Waals surface area contributed by atoms with E-state index in [1.165, 1.54) is 0 Å². The summed E-state index contributed by atoms with van der Waals surface area (Å²) < 4.78 is 5.31. The third-order valence-corrected chi connectivity index (χ3v) is 4.27. The number of aromatic nitrogens is 2. The second kappa shape index (κ2) is 5.23. The second-order valence-corrected chi connectivity index (χ2v) is 6.10. The van der Waals surface area contributed by atoms with Gasteiger partial charge in [-0.2, -0.15) is 0 Å². The minimum Gasteiger partial charge on any atom is -0.364 e. The molecule has 0 bridgehead atoms. The monoisotopic (exact) mass is 324 g/mol. The molecule has 7 heteroatoms. The molecule has 4 rings (SSSR count). The molecule has 0 saturated heterocycles. The van der Waals surface area contributed by atoms with Gasteiger partial charge < -0.3 is 20.6 Å². The first-order valence-corrected chi connectivity index (χ1v) is 7.73. The first-order chi connectivity index (χ1) is 11.5. The van der Waals surface area contributed by atoms with Gasteiger partial charge in [0.05, 0.1) is 0 Å². The smallest absolute Gasteiger partial charge is 0.278 e. The van der Waals surface area contributed by atoms with Gasteiger partial charge in [0, 0.05) is 28.1 Å². The number of benzene rings is 1. The number of primary amides is 1. The first kappa shape index (κ1) is 14.5. The van der Waals surface area contributed by atoms with Crippen LogP contribution < -0.4 is 11.1 Å². The lowest BCUT2D eigenvalue weighted by molar-refractivity contribution is 0.0993. The zero-order valence-corrected chi connectivity index (χ0v) is 13.1. The van der Waals surface area contributed by atoms with Gasteiger partial charge in [-0.15, -0.1) is 0 Å². The third kappa shape index (κ3) is 2.44. The Bertz CT molecular complexity index is 966. The summed E-state index contributed by atoms with van der Waals surface area (Å²) in [7, 11) is 0. The molecule has 3 aromatic rings. The topological polar surface area (TPSA) is 114 Å². The van der Waals surface area contributed by atoms with Crippen molar-refractivity contribution in [2.75, 3.05) is 5.32 Å². The van der Waals surface area contributed by atoms with Crippen LogP contribution in [0.4, 0.5) is 5.69 Å². The van der Waals surface area contributed by atoms with Crippen LogP contribution in [0.1, 0.15) is 51.1 Å². The van der Waals surface area contributed by atoms with Crippen LogP contribution in [0.25, 0.3) is 10.9 Å². The van der Waals surface area contributed by atoms with Crippen LogP contribution in [0.2, 0.25) is 0 Å². The molecule has 2 heterocycles. The van der Waals surface area contributed by atoms with Crippen LogP contribution in [-0.2, 0) is 0 Å². The van der Waals surface area contributed by atoms with E-state index in [9.17, 15) is 9.59 Å². The van der Waals surface area contributed by atoms with Crippen LogP contribution in [0.15, 0.2) is 28.8 Å². The van der Waals surface area contributed by atoms with Gasteiger partial charge in [0.15, 0.2) is 5.69 Å². The molecule has 2 aromatic heterocycles. The number of nitrogens with one attached hydrogen (secondary N) is 2. The number of rotatable bonds is 4. The van der Waals surface area contributed by atoms with Gasteiger partial charge in [-0.1, -0.05) is 5.16 Å². The number of amides is 2. The minimum absolute atomic E-state index is 0.309. The molecule has 24 heavy (non-hydrogen) atoms. The Kier molecular flexibility index (Phi) is 3.16. The highest BCUT2D eigenvalue weighted by molar-refractivity contribution is 6.05. The summed E-state index contributed by atoms with van der Waals surface area (Å²) in [4.78, 5) is 26.6. The van der Waals surface area contributed by atoms with E-state index >= 15 is 0 Å². The fraction of sp³-hybridized carbons (Fsp3) is 0.235. The van der Waals surface area contributed by atoms with E-state index in [-0.39, 0.29) is 5.91 Å². The highest BCUT2D eigenvalue weighted by atomic mass is 16.5. The largest absolute Gasteiger partial charge is 0.364 e. The molecule has 0 aliphatic heterocycles. The van der Waals surface area contributed by atoms with Crippen LogP contribution in [0.3, 0.4) is 0 Å². The van der Waals surface area contributed by atoms with Crippen LogP contribution >= 0.6 is 0 Å². The fourth-order valence-corrected chi connectivity index (χ4v) is 2.82. The quantitative estimate of drug-likeness (QED) is 0.684. The van der Waals surface area contributed by atoms with Crippen molar-refractivity contribution < 1.29 is 14.1 Å². The van der Waals surface area contributed by atoms with Gasteiger partial charge in [0.1, 0.15) is 11.5 Å². The summed E-state index contributed by atoms with van der Waals surface area (Å²) >= 11 is 0. The lowest BCUT2D eigenvalue weighted by Gasteiger charge is -2.03. The van der Waals surface area contributed by atoms with E-state index < -0.39 is 5.91 Å². The first-order valence-electron chi connectivity index (χ1n) is 7.73. The van der Waals surface area contributed by atoms with Gasteiger partial charge in [-0.05, 0) is 44.0 Å². The number of aromatic amines is 1. The zero-order valence-electron chi connectivity index (χ0n) is 13.1. The van der Waals surface area contributed by atoms with Gasteiger partial charge in [0.2, 0.25) is 0 Å². The number of hydrogen-bond donors (Lipinski definition) is 3. The summed E-state index contributed by atoms with van der Waals surface area (Å²) in [6.07, 6.45) is 2.17. The molecular formula is C17H16N4O3. The Morgan fingerprint density at radius 2 is 2.12 bits per heavy atom. The molecule has 1 aliphatic carbocycles. The maximum atomic E-state index is 12.4. The van der Waals surface area contributed by atoms with Crippen molar-refractivity contribution in [2.45, 2.75) is 25.7 Å². The Balaban J connectivity index is 1.59. The summed E-state index contributed by atoms with van der Waals surface area (Å²) in [6.45, 7) is 1.85. The van der Waals surface area contributed by atoms with Gasteiger partial charge in [-0.25, -0.2) is 0 Å². The summed E-state index contributed by atoms with van der Waals surface area (Å²) in [5.74, 6) is 0.380. The van der Waals surface area contributed by atoms with E-state index in [1.54, 1.807) is 24.3 Å². The Morgan fingerprint density at radius 3 is 2.83 bits per heavy atom. The predicted molar refractivity (Wildman–Crippen MR) is 88.0 cm³/mol. The summed E-state index contributed by atoms with van der Waals surface area (Å²) in [6, 6.07) is 6.95. The van der Waals surface area contributed by atoms with Crippen molar-refractivity contribution in [1.82, 2.24) is 10.1 Å². The number of hydrogen-bond acceptors (Lipinski definition) is 4. The van der Waals surface area contributed by atoms with E-state index in [2.05, 4.69) is 15.5 Å². The van der Waals surface area contributed by atoms with Crippen LogP contribution in [0, 0.1) is 6.92 Å². The lowest BCUT2D eigenvalue weighted by Crippen LogP contribution is -2.13. The molecule has 4 N–H and O–H groups in total. The van der Waals surface area contributed by atoms with Crippen molar-refractivity contribution in [2.24, 2.45) is 5.73 Å². The molecule has 1 saturated carbocycles. The number of H-pyrrole nitrogens is 1. The molecule has 7 nitrogen and oxygen atoms in total. The number of carbonyl (C=O) groups is 2. The van der Waals surface area contributed by atoms with Crippen LogP contribution in [-0.4, -0.2) is 22.0 Å².